The fourth-order valence-corrected chi connectivity index (χ4v) is 5.38. The van der Waals surface area contributed by atoms with E-state index in [1.54, 1.807) is 26.0 Å². The summed E-state index contributed by atoms with van der Waals surface area (Å²) in [5.41, 5.74) is 7.69. The molecule has 0 aliphatic carbocycles. The number of esters is 1. The average molecular weight is 507 g/mol. The SMILES string of the molecule is Cc1nc(C)c(-c2ccc3c(c2)CCNC3)c(-c2ccc3c(c2)C(F)(F)CCO3)c1CC(=O)OC(C)C. The molecule has 0 radical (unpaired) electrons. The van der Waals surface area contributed by atoms with Crippen LogP contribution in [0.5, 0.6) is 5.75 Å². The largest absolute Gasteiger partial charge is 0.493 e. The number of hydrogen-bond acceptors (Lipinski definition) is 5. The van der Waals surface area contributed by atoms with Crippen LogP contribution in [-0.4, -0.2) is 30.2 Å². The lowest BCUT2D eigenvalue weighted by Gasteiger charge is -2.27. The summed E-state index contributed by atoms with van der Waals surface area (Å²) in [6, 6.07) is 11.3. The number of carbonyl (C=O) groups is 1. The Bertz CT molecular complexity index is 1370. The highest BCUT2D eigenvalue weighted by atomic mass is 19.3. The van der Waals surface area contributed by atoms with Crippen LogP contribution in [-0.2, 0) is 34.8 Å². The predicted octanol–water partition coefficient (Wildman–Crippen LogP) is 6.05. The van der Waals surface area contributed by atoms with Crippen molar-refractivity contribution in [1.29, 1.82) is 0 Å². The number of rotatable bonds is 5. The van der Waals surface area contributed by atoms with E-state index in [2.05, 4.69) is 23.5 Å². The summed E-state index contributed by atoms with van der Waals surface area (Å²) in [6.07, 6.45) is 0.283. The molecular weight excluding hydrogens is 474 g/mol. The summed E-state index contributed by atoms with van der Waals surface area (Å²) < 4.78 is 40.9. The van der Waals surface area contributed by atoms with Gasteiger partial charge in [-0.05, 0) is 86.2 Å². The van der Waals surface area contributed by atoms with Crippen molar-refractivity contribution in [2.75, 3.05) is 13.2 Å². The van der Waals surface area contributed by atoms with Gasteiger partial charge in [-0.3, -0.25) is 9.78 Å². The quantitative estimate of drug-likeness (QED) is 0.427. The van der Waals surface area contributed by atoms with Gasteiger partial charge in [-0.25, -0.2) is 8.78 Å². The van der Waals surface area contributed by atoms with Crippen LogP contribution < -0.4 is 10.1 Å². The van der Waals surface area contributed by atoms with E-state index in [-0.39, 0.29) is 42.8 Å². The third kappa shape index (κ3) is 4.97. The Hall–Kier alpha value is -3.32. The Kier molecular flexibility index (Phi) is 6.75. The Labute approximate surface area is 216 Å². The van der Waals surface area contributed by atoms with Crippen molar-refractivity contribution >= 4 is 5.97 Å². The van der Waals surface area contributed by atoms with Gasteiger partial charge in [0.15, 0.2) is 0 Å². The number of benzene rings is 2. The maximum absolute atomic E-state index is 14.9. The first-order valence-electron chi connectivity index (χ1n) is 12.8. The zero-order valence-corrected chi connectivity index (χ0v) is 21.7. The van der Waals surface area contributed by atoms with E-state index in [9.17, 15) is 13.6 Å². The molecule has 3 aromatic rings. The van der Waals surface area contributed by atoms with Gasteiger partial charge < -0.3 is 14.8 Å². The molecule has 0 spiro atoms. The molecule has 5 rings (SSSR count). The zero-order valence-electron chi connectivity index (χ0n) is 21.7. The number of nitrogens with zero attached hydrogens (tertiary/aromatic N) is 1. The van der Waals surface area contributed by atoms with Gasteiger partial charge in [0.05, 0.1) is 31.1 Å². The molecule has 2 aromatic carbocycles. The number of hydrogen-bond donors (Lipinski definition) is 1. The van der Waals surface area contributed by atoms with Gasteiger partial charge in [0.2, 0.25) is 0 Å². The molecule has 0 amide bonds. The number of alkyl halides is 2. The molecule has 7 heteroatoms. The van der Waals surface area contributed by atoms with Crippen LogP contribution in [0.2, 0.25) is 0 Å². The number of pyridine rings is 1. The smallest absolute Gasteiger partial charge is 0.310 e. The molecule has 0 fully saturated rings. The van der Waals surface area contributed by atoms with Gasteiger partial charge >= 0.3 is 5.97 Å². The molecule has 0 atom stereocenters. The predicted molar refractivity (Wildman–Crippen MR) is 139 cm³/mol. The number of carbonyl (C=O) groups excluding carboxylic acids is 1. The standard InChI is InChI=1S/C30H32F2N2O3/c1-17(2)37-27(35)15-24-18(3)34-19(4)28(21-5-6-23-16-33-11-9-20(23)13-21)29(24)22-7-8-26-25(14-22)30(31,32)10-12-36-26/h5-8,13-14,17,33H,9-12,15-16H2,1-4H3. The monoisotopic (exact) mass is 506 g/mol. The minimum absolute atomic E-state index is 0.00152. The Morgan fingerprint density at radius 3 is 2.62 bits per heavy atom. The average Bonchev–Trinajstić information content (AvgIpc) is 2.84. The Morgan fingerprint density at radius 1 is 1.08 bits per heavy atom. The lowest BCUT2D eigenvalue weighted by Crippen LogP contribution is -2.24. The molecular formula is C30H32F2N2O3. The van der Waals surface area contributed by atoms with Crippen molar-refractivity contribution in [3.8, 4) is 28.0 Å². The topological polar surface area (TPSA) is 60.5 Å². The second-order valence-corrected chi connectivity index (χ2v) is 10.2. The first kappa shape index (κ1) is 25.3. The summed E-state index contributed by atoms with van der Waals surface area (Å²) >= 11 is 0. The third-order valence-corrected chi connectivity index (χ3v) is 7.09. The maximum Gasteiger partial charge on any atom is 0.310 e. The molecule has 0 bridgehead atoms. The maximum atomic E-state index is 14.9. The molecule has 1 N–H and O–H groups in total. The van der Waals surface area contributed by atoms with E-state index in [4.69, 9.17) is 14.5 Å². The van der Waals surface area contributed by atoms with E-state index in [0.29, 0.717) is 16.8 Å². The highest BCUT2D eigenvalue weighted by Crippen LogP contribution is 2.46. The van der Waals surface area contributed by atoms with Gasteiger partial charge in [-0.1, -0.05) is 24.3 Å². The fraction of sp³-hybridized carbons (Fsp3) is 0.400. The summed E-state index contributed by atoms with van der Waals surface area (Å²) in [5, 5.41) is 3.39. The van der Waals surface area contributed by atoms with Crippen molar-refractivity contribution in [3.63, 3.8) is 0 Å². The second-order valence-electron chi connectivity index (χ2n) is 10.2. The van der Waals surface area contributed by atoms with E-state index >= 15 is 0 Å². The molecule has 0 unspecified atom stereocenters. The first-order chi connectivity index (χ1) is 17.6. The summed E-state index contributed by atoms with van der Waals surface area (Å²) in [7, 11) is 0. The third-order valence-electron chi connectivity index (χ3n) is 7.09. The van der Waals surface area contributed by atoms with Crippen LogP contribution in [0, 0.1) is 13.8 Å². The molecule has 1 aromatic heterocycles. The van der Waals surface area contributed by atoms with Gasteiger partial charge in [-0.15, -0.1) is 0 Å². The van der Waals surface area contributed by atoms with Crippen molar-refractivity contribution in [2.45, 2.75) is 65.5 Å². The number of fused-ring (bicyclic) bond motifs is 2. The fourth-order valence-electron chi connectivity index (χ4n) is 5.38. The lowest BCUT2D eigenvalue weighted by atomic mass is 9.85. The van der Waals surface area contributed by atoms with E-state index < -0.39 is 5.92 Å². The minimum atomic E-state index is -2.99. The number of nitrogens with one attached hydrogen (secondary N) is 1. The van der Waals surface area contributed by atoms with Crippen LogP contribution in [0.3, 0.4) is 0 Å². The van der Waals surface area contributed by atoms with Crippen LogP contribution in [0.1, 0.15) is 53.9 Å². The molecule has 2 aliphatic rings. The number of halogens is 2. The minimum Gasteiger partial charge on any atom is -0.493 e. The molecule has 0 saturated heterocycles. The van der Waals surface area contributed by atoms with Crippen LogP contribution in [0.25, 0.3) is 22.3 Å². The van der Waals surface area contributed by atoms with Crippen molar-refractivity contribution < 1.29 is 23.0 Å². The van der Waals surface area contributed by atoms with Crippen LogP contribution in [0.4, 0.5) is 8.78 Å². The lowest BCUT2D eigenvalue weighted by molar-refractivity contribution is -0.146. The van der Waals surface area contributed by atoms with Crippen LogP contribution >= 0.6 is 0 Å². The van der Waals surface area contributed by atoms with E-state index in [0.717, 1.165) is 41.9 Å². The number of aromatic nitrogens is 1. The summed E-state index contributed by atoms with van der Waals surface area (Å²) in [5.74, 6) is -3.17. The molecule has 5 nitrogen and oxygen atoms in total. The van der Waals surface area contributed by atoms with Crippen molar-refractivity contribution in [2.24, 2.45) is 0 Å². The number of ether oxygens (including phenoxy) is 2. The highest BCUT2D eigenvalue weighted by Gasteiger charge is 2.38. The van der Waals surface area contributed by atoms with Crippen LogP contribution in [0.15, 0.2) is 36.4 Å². The summed E-state index contributed by atoms with van der Waals surface area (Å²) in [4.78, 5) is 17.6. The zero-order chi connectivity index (χ0) is 26.3. The second kappa shape index (κ2) is 9.86. The van der Waals surface area contributed by atoms with Crippen molar-refractivity contribution in [1.82, 2.24) is 10.3 Å². The normalized spacial score (nSPS) is 16.1. The molecule has 2 aliphatic heterocycles. The van der Waals surface area contributed by atoms with Gasteiger partial charge in [0.25, 0.3) is 5.92 Å². The summed E-state index contributed by atoms with van der Waals surface area (Å²) in [6.45, 7) is 9.09. The Balaban J connectivity index is 1.75. The van der Waals surface area contributed by atoms with Gasteiger partial charge in [0, 0.05) is 23.5 Å². The highest BCUT2D eigenvalue weighted by molar-refractivity contribution is 5.90. The van der Waals surface area contributed by atoms with Crippen molar-refractivity contribution in [3.05, 3.63) is 70.0 Å². The molecule has 194 valence electrons. The molecule has 3 heterocycles. The van der Waals surface area contributed by atoms with E-state index in [1.165, 1.54) is 17.2 Å². The van der Waals surface area contributed by atoms with Gasteiger partial charge in [0.1, 0.15) is 5.75 Å². The Morgan fingerprint density at radius 2 is 1.84 bits per heavy atom. The molecule has 37 heavy (non-hydrogen) atoms. The first-order valence-corrected chi connectivity index (χ1v) is 12.8. The van der Waals surface area contributed by atoms with Gasteiger partial charge in [-0.2, -0.15) is 0 Å². The molecule has 0 saturated carbocycles. The van der Waals surface area contributed by atoms with E-state index in [1.807, 2.05) is 13.8 Å². The number of aryl methyl sites for hydroxylation is 2.